The molecule has 14 heavy (non-hydrogen) atoms. The monoisotopic (exact) mass is 198 g/mol. The summed E-state index contributed by atoms with van der Waals surface area (Å²) in [4.78, 5) is 23.7. The predicted molar refractivity (Wildman–Crippen MR) is 50.8 cm³/mol. The van der Waals surface area contributed by atoms with Gasteiger partial charge < -0.3 is 10.0 Å². The first kappa shape index (κ1) is 10.7. The molecule has 5 nitrogen and oxygen atoms in total. The molecule has 1 heterocycles. The fraction of sp³-hybridized carbons (Fsp3) is 0.556. The number of nitrogens with zero attached hydrogens (tertiary/aromatic N) is 1. The first-order valence-corrected chi connectivity index (χ1v) is 4.39. The van der Waals surface area contributed by atoms with E-state index in [-0.39, 0.29) is 12.5 Å². The summed E-state index contributed by atoms with van der Waals surface area (Å²) >= 11 is 0. The molecular weight excluding hydrogens is 184 g/mol. The molecule has 2 N–H and O–H groups in total. The SMILES string of the molecule is C=CC(=O)N1CCN[C@@](C)(C(=O)O)C1. The summed E-state index contributed by atoms with van der Waals surface area (Å²) < 4.78 is 0. The summed E-state index contributed by atoms with van der Waals surface area (Å²) in [6.07, 6.45) is 1.20. The lowest BCUT2D eigenvalue weighted by molar-refractivity contribution is -0.147. The van der Waals surface area contributed by atoms with E-state index in [1.165, 1.54) is 11.0 Å². The predicted octanol–water partition coefficient (Wildman–Crippen LogP) is -0.552. The fourth-order valence-electron chi connectivity index (χ4n) is 1.44. The summed E-state index contributed by atoms with van der Waals surface area (Å²) in [5.41, 5.74) is -1.04. The van der Waals surface area contributed by atoms with Gasteiger partial charge in [-0.1, -0.05) is 6.58 Å². The second kappa shape index (κ2) is 3.79. The molecule has 1 atom stereocenters. The Hall–Kier alpha value is -1.36. The Balaban J connectivity index is 2.73. The fourth-order valence-corrected chi connectivity index (χ4v) is 1.44. The zero-order valence-corrected chi connectivity index (χ0v) is 8.12. The minimum atomic E-state index is -1.04. The third-order valence-electron chi connectivity index (χ3n) is 2.36. The van der Waals surface area contributed by atoms with Crippen LogP contribution in [0.15, 0.2) is 12.7 Å². The van der Waals surface area contributed by atoms with Gasteiger partial charge in [0.2, 0.25) is 5.91 Å². The average Bonchev–Trinajstić information content (AvgIpc) is 2.16. The van der Waals surface area contributed by atoms with Crippen LogP contribution >= 0.6 is 0 Å². The third kappa shape index (κ3) is 1.93. The number of hydrogen-bond acceptors (Lipinski definition) is 3. The number of carboxylic acid groups (broad SMARTS) is 1. The lowest BCUT2D eigenvalue weighted by atomic mass is 9.99. The Kier molecular flexibility index (Phi) is 2.90. The molecule has 1 amide bonds. The summed E-state index contributed by atoms with van der Waals surface area (Å²) in [7, 11) is 0. The van der Waals surface area contributed by atoms with Crippen LogP contribution in [0.2, 0.25) is 0 Å². The highest BCUT2D eigenvalue weighted by Gasteiger charge is 2.38. The minimum absolute atomic E-state index is 0.174. The molecule has 1 fully saturated rings. The van der Waals surface area contributed by atoms with Gasteiger partial charge in [0.15, 0.2) is 0 Å². The number of amides is 1. The molecular formula is C9H14N2O3. The van der Waals surface area contributed by atoms with Crippen LogP contribution in [0, 0.1) is 0 Å². The maximum Gasteiger partial charge on any atom is 0.325 e. The topological polar surface area (TPSA) is 69.6 Å². The van der Waals surface area contributed by atoms with Crippen LogP contribution in [0.3, 0.4) is 0 Å². The van der Waals surface area contributed by atoms with Crippen LogP contribution in [-0.2, 0) is 9.59 Å². The highest BCUT2D eigenvalue weighted by molar-refractivity contribution is 5.88. The van der Waals surface area contributed by atoms with Crippen molar-refractivity contribution in [3.05, 3.63) is 12.7 Å². The van der Waals surface area contributed by atoms with Crippen LogP contribution < -0.4 is 5.32 Å². The van der Waals surface area contributed by atoms with E-state index in [1.807, 2.05) is 0 Å². The zero-order chi connectivity index (χ0) is 10.8. The largest absolute Gasteiger partial charge is 0.480 e. The Morgan fingerprint density at radius 3 is 2.79 bits per heavy atom. The molecule has 0 aromatic heterocycles. The van der Waals surface area contributed by atoms with E-state index < -0.39 is 11.5 Å². The molecule has 0 saturated carbocycles. The van der Waals surface area contributed by atoms with Gasteiger partial charge >= 0.3 is 5.97 Å². The molecule has 0 spiro atoms. The molecule has 0 aliphatic carbocycles. The first-order valence-electron chi connectivity index (χ1n) is 4.39. The van der Waals surface area contributed by atoms with Crippen molar-refractivity contribution in [1.29, 1.82) is 0 Å². The van der Waals surface area contributed by atoms with E-state index in [0.717, 1.165) is 0 Å². The number of rotatable bonds is 2. The van der Waals surface area contributed by atoms with Crippen LogP contribution in [0.4, 0.5) is 0 Å². The molecule has 1 rings (SSSR count). The molecule has 0 bridgehead atoms. The van der Waals surface area contributed by atoms with Gasteiger partial charge in [-0.2, -0.15) is 0 Å². The Labute approximate surface area is 82.4 Å². The maximum absolute atomic E-state index is 11.3. The summed E-state index contributed by atoms with van der Waals surface area (Å²) in [6.45, 7) is 6.12. The van der Waals surface area contributed by atoms with Gasteiger partial charge in [0.05, 0.1) is 0 Å². The zero-order valence-electron chi connectivity index (χ0n) is 8.12. The van der Waals surface area contributed by atoms with Crippen molar-refractivity contribution in [2.24, 2.45) is 0 Å². The normalized spacial score (nSPS) is 27.1. The summed E-state index contributed by atoms with van der Waals surface area (Å²) in [5, 5.41) is 11.8. The number of aliphatic carboxylic acids is 1. The smallest absolute Gasteiger partial charge is 0.325 e. The second-order valence-electron chi connectivity index (χ2n) is 3.53. The number of piperazine rings is 1. The van der Waals surface area contributed by atoms with Crippen LogP contribution in [-0.4, -0.2) is 47.1 Å². The number of carbonyl (C=O) groups excluding carboxylic acids is 1. The quantitative estimate of drug-likeness (QED) is 0.584. The first-order chi connectivity index (χ1) is 6.49. The van der Waals surface area contributed by atoms with Gasteiger partial charge in [-0.25, -0.2) is 0 Å². The molecule has 5 heteroatoms. The molecule has 1 saturated heterocycles. The van der Waals surface area contributed by atoms with Gasteiger partial charge in [-0.15, -0.1) is 0 Å². The Morgan fingerprint density at radius 2 is 2.29 bits per heavy atom. The standard InChI is InChI=1S/C9H14N2O3/c1-3-7(12)11-5-4-10-9(2,6-11)8(13)14/h3,10H,1,4-6H2,2H3,(H,13,14)/t9-/m1/s1. The lowest BCUT2D eigenvalue weighted by Gasteiger charge is -2.37. The molecule has 0 aromatic rings. The second-order valence-corrected chi connectivity index (χ2v) is 3.53. The lowest BCUT2D eigenvalue weighted by Crippen LogP contribution is -2.63. The van der Waals surface area contributed by atoms with Gasteiger partial charge in [-0.05, 0) is 13.0 Å². The highest BCUT2D eigenvalue weighted by Crippen LogP contribution is 2.11. The number of carbonyl (C=O) groups is 2. The maximum atomic E-state index is 11.3. The number of carboxylic acids is 1. The Morgan fingerprint density at radius 1 is 1.64 bits per heavy atom. The molecule has 1 aliphatic rings. The summed E-state index contributed by atoms with van der Waals surface area (Å²) in [5.74, 6) is -1.17. The van der Waals surface area contributed by atoms with Crippen molar-refractivity contribution in [3.63, 3.8) is 0 Å². The van der Waals surface area contributed by atoms with Crippen molar-refractivity contribution in [2.45, 2.75) is 12.5 Å². The van der Waals surface area contributed by atoms with Crippen LogP contribution in [0.5, 0.6) is 0 Å². The van der Waals surface area contributed by atoms with Gasteiger partial charge in [0, 0.05) is 19.6 Å². The van der Waals surface area contributed by atoms with Crippen LogP contribution in [0.1, 0.15) is 6.92 Å². The molecule has 1 aliphatic heterocycles. The van der Waals surface area contributed by atoms with Crippen molar-refractivity contribution < 1.29 is 14.7 Å². The number of nitrogens with one attached hydrogen (secondary N) is 1. The highest BCUT2D eigenvalue weighted by atomic mass is 16.4. The van der Waals surface area contributed by atoms with E-state index in [4.69, 9.17) is 5.11 Å². The molecule has 0 aromatic carbocycles. The van der Waals surface area contributed by atoms with Crippen molar-refractivity contribution in [3.8, 4) is 0 Å². The van der Waals surface area contributed by atoms with Gasteiger partial charge in [-0.3, -0.25) is 14.9 Å². The van der Waals surface area contributed by atoms with E-state index in [0.29, 0.717) is 13.1 Å². The Bertz CT molecular complexity index is 277. The van der Waals surface area contributed by atoms with E-state index in [1.54, 1.807) is 6.92 Å². The third-order valence-corrected chi connectivity index (χ3v) is 2.36. The van der Waals surface area contributed by atoms with Crippen molar-refractivity contribution in [1.82, 2.24) is 10.2 Å². The van der Waals surface area contributed by atoms with Crippen molar-refractivity contribution >= 4 is 11.9 Å². The molecule has 0 unspecified atom stereocenters. The van der Waals surface area contributed by atoms with E-state index in [9.17, 15) is 9.59 Å². The van der Waals surface area contributed by atoms with Crippen LogP contribution in [0.25, 0.3) is 0 Å². The molecule has 78 valence electrons. The van der Waals surface area contributed by atoms with E-state index >= 15 is 0 Å². The van der Waals surface area contributed by atoms with Gasteiger partial charge in [0.25, 0.3) is 0 Å². The number of hydrogen-bond donors (Lipinski definition) is 2. The van der Waals surface area contributed by atoms with Gasteiger partial charge in [0.1, 0.15) is 5.54 Å². The molecule has 0 radical (unpaired) electrons. The minimum Gasteiger partial charge on any atom is -0.480 e. The average molecular weight is 198 g/mol. The van der Waals surface area contributed by atoms with E-state index in [2.05, 4.69) is 11.9 Å². The summed E-state index contributed by atoms with van der Waals surface area (Å²) in [6, 6.07) is 0. The van der Waals surface area contributed by atoms with Crippen molar-refractivity contribution in [2.75, 3.05) is 19.6 Å².